The molecule has 0 bridgehead atoms. The molecule has 0 aliphatic carbocycles. The molecule has 0 amide bonds. The van der Waals surface area contributed by atoms with E-state index in [0.717, 1.165) is 44.1 Å². The van der Waals surface area contributed by atoms with Crippen molar-refractivity contribution >= 4 is 15.7 Å². The summed E-state index contributed by atoms with van der Waals surface area (Å²) in [5.41, 5.74) is 5.91. The highest BCUT2D eigenvalue weighted by molar-refractivity contribution is 7.92. The zero-order chi connectivity index (χ0) is 26.4. The van der Waals surface area contributed by atoms with Crippen molar-refractivity contribution in [3.63, 3.8) is 0 Å². The number of sulfonamides is 1. The third-order valence-corrected chi connectivity index (χ3v) is 6.94. The lowest BCUT2D eigenvalue weighted by Crippen LogP contribution is -2.30. The molecule has 1 aromatic carbocycles. The Kier molecular flexibility index (Phi) is 13.5. The van der Waals surface area contributed by atoms with E-state index in [1.165, 1.54) is 27.3 Å². The van der Waals surface area contributed by atoms with Crippen LogP contribution in [0.1, 0.15) is 73.1 Å². The summed E-state index contributed by atoms with van der Waals surface area (Å²) >= 11 is 0. The van der Waals surface area contributed by atoms with E-state index in [1.54, 1.807) is 32.4 Å². The molecule has 0 N–H and O–H groups in total. The van der Waals surface area contributed by atoms with E-state index in [4.69, 9.17) is 9.47 Å². The number of hydrogen-bond donors (Lipinski definition) is 0. The highest BCUT2D eigenvalue weighted by Gasteiger charge is 2.18. The number of rotatable bonds is 15. The van der Waals surface area contributed by atoms with Gasteiger partial charge < -0.3 is 9.47 Å². The average molecular weight is 504 g/mol. The van der Waals surface area contributed by atoms with Crippen LogP contribution in [0.4, 0.5) is 5.69 Å². The van der Waals surface area contributed by atoms with Crippen molar-refractivity contribution in [2.24, 2.45) is 0 Å². The number of nitrogens with zero attached hydrogens (tertiary/aromatic N) is 1. The first-order valence-electron chi connectivity index (χ1n) is 12.3. The molecule has 5 nitrogen and oxygen atoms in total. The van der Waals surface area contributed by atoms with Gasteiger partial charge >= 0.3 is 0 Å². The Morgan fingerprint density at radius 3 is 1.57 bits per heavy atom. The molecule has 0 aliphatic rings. The Labute approximate surface area is 214 Å². The molecule has 0 aliphatic heterocycles. The topological polar surface area (TPSA) is 55.8 Å². The SMILES string of the molecule is COc1cc(OC)cc(N(C/C=C(\C)CC/C=C(\C)CC/C=C(\C)CCC=C(C)C)S(C)(=O)=O)c1. The minimum atomic E-state index is -3.47. The molecule has 0 saturated heterocycles. The lowest BCUT2D eigenvalue weighted by Gasteiger charge is -2.22. The van der Waals surface area contributed by atoms with Crippen LogP contribution in [0.5, 0.6) is 11.5 Å². The number of hydrogen-bond acceptors (Lipinski definition) is 4. The minimum absolute atomic E-state index is 0.264. The van der Waals surface area contributed by atoms with E-state index >= 15 is 0 Å². The van der Waals surface area contributed by atoms with Crippen molar-refractivity contribution in [1.82, 2.24) is 0 Å². The minimum Gasteiger partial charge on any atom is -0.497 e. The molecule has 0 fully saturated rings. The zero-order valence-electron chi connectivity index (χ0n) is 23.0. The molecule has 35 heavy (non-hydrogen) atoms. The van der Waals surface area contributed by atoms with Gasteiger partial charge in [-0.25, -0.2) is 8.42 Å². The van der Waals surface area contributed by atoms with Crippen LogP contribution in [-0.2, 0) is 10.0 Å². The molecule has 0 atom stereocenters. The van der Waals surface area contributed by atoms with Crippen molar-refractivity contribution in [3.8, 4) is 11.5 Å². The second-order valence-corrected chi connectivity index (χ2v) is 11.3. The van der Waals surface area contributed by atoms with Gasteiger partial charge in [0, 0.05) is 18.2 Å². The van der Waals surface area contributed by atoms with Gasteiger partial charge in [0.05, 0.1) is 32.7 Å². The average Bonchev–Trinajstić information content (AvgIpc) is 2.77. The van der Waals surface area contributed by atoms with Crippen LogP contribution in [0.2, 0.25) is 0 Å². The second-order valence-electron chi connectivity index (χ2n) is 9.41. The molecular weight excluding hydrogens is 458 g/mol. The Hall–Kier alpha value is -2.47. The van der Waals surface area contributed by atoms with E-state index in [-0.39, 0.29) is 6.54 Å². The van der Waals surface area contributed by atoms with Crippen LogP contribution >= 0.6 is 0 Å². The van der Waals surface area contributed by atoms with E-state index in [0.29, 0.717) is 17.2 Å². The molecule has 1 rings (SSSR count). The lowest BCUT2D eigenvalue weighted by atomic mass is 10.0. The molecule has 0 aromatic heterocycles. The Balaban J connectivity index is 2.67. The van der Waals surface area contributed by atoms with Gasteiger partial charge in [0.1, 0.15) is 11.5 Å². The quantitative estimate of drug-likeness (QED) is 0.231. The lowest BCUT2D eigenvalue weighted by molar-refractivity contribution is 0.394. The third kappa shape index (κ3) is 12.7. The largest absolute Gasteiger partial charge is 0.497 e. The summed E-state index contributed by atoms with van der Waals surface area (Å²) in [6, 6.07) is 5.13. The second kappa shape index (κ2) is 15.5. The van der Waals surface area contributed by atoms with Crippen LogP contribution in [0.3, 0.4) is 0 Å². The number of allylic oxidation sites excluding steroid dienone is 7. The molecular formula is C29H45NO4S. The monoisotopic (exact) mass is 503 g/mol. The van der Waals surface area contributed by atoms with Gasteiger partial charge in [-0.2, -0.15) is 0 Å². The van der Waals surface area contributed by atoms with E-state index < -0.39 is 10.0 Å². The van der Waals surface area contributed by atoms with Crippen LogP contribution in [0, 0.1) is 0 Å². The summed E-state index contributed by atoms with van der Waals surface area (Å²) in [4.78, 5) is 0. The van der Waals surface area contributed by atoms with Crippen molar-refractivity contribution < 1.29 is 17.9 Å². The third-order valence-electron chi connectivity index (χ3n) is 5.78. The summed E-state index contributed by atoms with van der Waals surface area (Å²) in [7, 11) is -0.372. The zero-order valence-corrected chi connectivity index (χ0v) is 23.8. The van der Waals surface area contributed by atoms with Crippen LogP contribution in [0.15, 0.2) is 64.8 Å². The summed E-state index contributed by atoms with van der Waals surface area (Å²) < 4.78 is 36.9. The maximum Gasteiger partial charge on any atom is 0.232 e. The normalized spacial score (nSPS) is 13.0. The van der Waals surface area contributed by atoms with Gasteiger partial charge in [0.2, 0.25) is 10.0 Å². The molecule has 6 heteroatoms. The maximum atomic E-state index is 12.5. The predicted octanol–water partition coefficient (Wildman–Crippen LogP) is 7.62. The first kappa shape index (κ1) is 30.6. The number of methoxy groups -OCH3 is 2. The summed E-state index contributed by atoms with van der Waals surface area (Å²) in [5.74, 6) is 1.10. The fraction of sp³-hybridized carbons (Fsp3) is 0.517. The standard InChI is InChI=1S/C29H45NO4S/c1-23(2)12-9-13-24(3)14-10-15-25(4)16-11-17-26(5)18-19-30(35(8,31)32)27-20-28(33-6)22-29(21-27)34-7/h12,14,16,18,20-22H,9-11,13,15,17,19H2,1-8H3/b24-14+,25-16+,26-18+. The van der Waals surface area contributed by atoms with Gasteiger partial charge in [-0.05, 0) is 73.1 Å². The Bertz CT molecular complexity index is 1010. The summed E-state index contributed by atoms with van der Waals surface area (Å²) in [5, 5.41) is 0. The molecule has 196 valence electrons. The Morgan fingerprint density at radius 2 is 1.17 bits per heavy atom. The van der Waals surface area contributed by atoms with E-state index in [9.17, 15) is 8.42 Å². The maximum absolute atomic E-state index is 12.5. The van der Waals surface area contributed by atoms with Gasteiger partial charge in [-0.15, -0.1) is 0 Å². The highest BCUT2D eigenvalue weighted by Crippen LogP contribution is 2.30. The van der Waals surface area contributed by atoms with Crippen LogP contribution in [0.25, 0.3) is 0 Å². The van der Waals surface area contributed by atoms with Gasteiger partial charge in [-0.3, -0.25) is 4.31 Å². The molecule has 0 unspecified atom stereocenters. The van der Waals surface area contributed by atoms with E-state index in [1.807, 2.05) is 13.0 Å². The van der Waals surface area contributed by atoms with Gasteiger partial charge in [0.15, 0.2) is 0 Å². The first-order valence-corrected chi connectivity index (χ1v) is 14.1. The fourth-order valence-corrected chi connectivity index (χ4v) is 4.43. The van der Waals surface area contributed by atoms with Gasteiger partial charge in [-0.1, -0.05) is 46.6 Å². The van der Waals surface area contributed by atoms with Gasteiger partial charge in [0.25, 0.3) is 0 Å². The molecule has 0 radical (unpaired) electrons. The van der Waals surface area contributed by atoms with E-state index in [2.05, 4.69) is 45.9 Å². The molecule has 0 heterocycles. The predicted molar refractivity (Wildman–Crippen MR) is 150 cm³/mol. The number of anilines is 1. The molecule has 1 aromatic rings. The number of ether oxygens (including phenoxy) is 2. The fourth-order valence-electron chi connectivity index (χ4n) is 3.59. The molecule has 0 spiro atoms. The van der Waals surface area contributed by atoms with Crippen molar-refractivity contribution in [2.45, 2.75) is 73.1 Å². The molecule has 0 saturated carbocycles. The summed E-state index contributed by atoms with van der Waals surface area (Å²) in [6.07, 6.45) is 16.4. The summed E-state index contributed by atoms with van der Waals surface area (Å²) in [6.45, 7) is 11.0. The Morgan fingerprint density at radius 1 is 0.743 bits per heavy atom. The van der Waals surface area contributed by atoms with Crippen molar-refractivity contribution in [3.05, 3.63) is 64.8 Å². The smallest absolute Gasteiger partial charge is 0.232 e. The van der Waals surface area contributed by atoms with Crippen molar-refractivity contribution in [2.75, 3.05) is 31.3 Å². The highest BCUT2D eigenvalue weighted by atomic mass is 32.2. The number of benzene rings is 1. The van der Waals surface area contributed by atoms with Crippen molar-refractivity contribution in [1.29, 1.82) is 0 Å². The first-order chi connectivity index (χ1) is 16.5. The van der Waals surface area contributed by atoms with Crippen LogP contribution in [-0.4, -0.2) is 35.4 Å². The van der Waals surface area contributed by atoms with Crippen LogP contribution < -0.4 is 13.8 Å².